The van der Waals surface area contributed by atoms with Crippen LogP contribution in [-0.2, 0) is 4.79 Å². The number of amides is 1. The van der Waals surface area contributed by atoms with E-state index in [0.717, 1.165) is 22.9 Å². The maximum atomic E-state index is 12.7. The van der Waals surface area contributed by atoms with Crippen LogP contribution in [0.3, 0.4) is 0 Å². The molecule has 2 aromatic carbocycles. The summed E-state index contributed by atoms with van der Waals surface area (Å²) in [6.07, 6.45) is 3.06. The number of para-hydroxylation sites is 1. The fraction of sp³-hybridized carbons (Fsp3) is 0.273. The summed E-state index contributed by atoms with van der Waals surface area (Å²) < 4.78 is 11.4. The van der Waals surface area contributed by atoms with Gasteiger partial charge in [0.1, 0.15) is 0 Å². The van der Waals surface area contributed by atoms with Crippen molar-refractivity contribution >= 4 is 22.6 Å². The summed E-state index contributed by atoms with van der Waals surface area (Å²) in [5.74, 6) is 0.205. The molecule has 1 amide bonds. The van der Waals surface area contributed by atoms with Gasteiger partial charge in [-0.3, -0.25) is 9.59 Å². The summed E-state index contributed by atoms with van der Waals surface area (Å²) in [6, 6.07) is 12.8. The topological polar surface area (TPSA) is 80.4 Å². The van der Waals surface area contributed by atoms with Crippen molar-refractivity contribution in [3.8, 4) is 11.5 Å². The zero-order valence-electron chi connectivity index (χ0n) is 15.7. The average molecular weight is 378 g/mol. The minimum Gasteiger partial charge on any atom is -0.490 e. The Morgan fingerprint density at radius 2 is 1.89 bits per heavy atom. The zero-order chi connectivity index (χ0) is 19.5. The third-order valence-corrected chi connectivity index (χ3v) is 4.93. The highest BCUT2D eigenvalue weighted by Gasteiger charge is 2.23. The standard InChI is InChI=1S/C22H22N2O4/c1-2-17(14-8-9-19-20(12-14)28-11-5-10-27-19)24-22(26)21(25)16-13-23-18-7-4-3-6-15(16)18/h3-4,6-9,12-13,17,23H,2,5,10-11H2,1H3,(H,24,26). The molecule has 0 fully saturated rings. The van der Waals surface area contributed by atoms with E-state index in [1.807, 2.05) is 49.4 Å². The molecule has 0 bridgehead atoms. The van der Waals surface area contributed by atoms with Crippen LogP contribution in [-0.4, -0.2) is 29.9 Å². The Morgan fingerprint density at radius 3 is 2.71 bits per heavy atom. The van der Waals surface area contributed by atoms with Gasteiger partial charge in [-0.05, 0) is 30.2 Å². The van der Waals surface area contributed by atoms with Gasteiger partial charge in [0.15, 0.2) is 11.5 Å². The van der Waals surface area contributed by atoms with E-state index in [9.17, 15) is 9.59 Å². The van der Waals surface area contributed by atoms with Gasteiger partial charge in [0.25, 0.3) is 11.7 Å². The van der Waals surface area contributed by atoms with Crippen LogP contribution >= 0.6 is 0 Å². The van der Waals surface area contributed by atoms with Gasteiger partial charge in [-0.1, -0.05) is 31.2 Å². The third kappa shape index (κ3) is 3.45. The van der Waals surface area contributed by atoms with Crippen LogP contribution < -0.4 is 14.8 Å². The molecule has 6 heteroatoms. The number of hydrogen-bond donors (Lipinski definition) is 2. The van der Waals surface area contributed by atoms with Crippen LogP contribution in [0.2, 0.25) is 0 Å². The SMILES string of the molecule is CCC(NC(=O)C(=O)c1c[nH]c2ccccc12)c1ccc2c(c1)OCCCO2. The molecule has 2 heterocycles. The summed E-state index contributed by atoms with van der Waals surface area (Å²) in [6.45, 7) is 3.18. The Balaban J connectivity index is 1.54. The first-order valence-corrected chi connectivity index (χ1v) is 9.48. The van der Waals surface area contributed by atoms with Crippen molar-refractivity contribution in [2.24, 2.45) is 0 Å². The number of H-pyrrole nitrogens is 1. The molecule has 1 atom stereocenters. The van der Waals surface area contributed by atoms with E-state index >= 15 is 0 Å². The number of ketones is 1. The fourth-order valence-electron chi connectivity index (χ4n) is 3.42. The number of ether oxygens (including phenoxy) is 2. The maximum Gasteiger partial charge on any atom is 0.292 e. The molecular formula is C22H22N2O4. The number of rotatable bonds is 5. The third-order valence-electron chi connectivity index (χ3n) is 4.93. The number of Topliss-reactive ketones (excluding diaryl/α,β-unsaturated/α-hetero) is 1. The molecule has 4 rings (SSSR count). The van der Waals surface area contributed by atoms with E-state index in [1.54, 1.807) is 6.20 Å². The molecule has 1 aliphatic rings. The second kappa shape index (κ2) is 7.76. The monoisotopic (exact) mass is 378 g/mol. The van der Waals surface area contributed by atoms with Crippen LogP contribution in [0, 0.1) is 0 Å². The number of nitrogens with one attached hydrogen (secondary N) is 2. The van der Waals surface area contributed by atoms with Crippen molar-refractivity contribution in [3.63, 3.8) is 0 Å². The highest BCUT2D eigenvalue weighted by Crippen LogP contribution is 2.33. The van der Waals surface area contributed by atoms with Crippen molar-refractivity contribution < 1.29 is 19.1 Å². The number of fused-ring (bicyclic) bond motifs is 2. The highest BCUT2D eigenvalue weighted by molar-refractivity contribution is 6.45. The van der Waals surface area contributed by atoms with Gasteiger partial charge in [0, 0.05) is 23.5 Å². The van der Waals surface area contributed by atoms with Crippen molar-refractivity contribution in [2.45, 2.75) is 25.8 Å². The lowest BCUT2D eigenvalue weighted by molar-refractivity contribution is -0.117. The number of carbonyl (C=O) groups excluding carboxylic acids is 2. The van der Waals surface area contributed by atoms with Gasteiger partial charge in [-0.2, -0.15) is 0 Å². The van der Waals surface area contributed by atoms with Crippen LogP contribution in [0.4, 0.5) is 0 Å². The second-order valence-corrected chi connectivity index (χ2v) is 6.77. The highest BCUT2D eigenvalue weighted by atomic mass is 16.5. The molecule has 2 N–H and O–H groups in total. The Bertz CT molecular complexity index is 1020. The van der Waals surface area contributed by atoms with Crippen molar-refractivity contribution in [1.29, 1.82) is 0 Å². The Morgan fingerprint density at radius 1 is 1.11 bits per heavy atom. The first-order chi connectivity index (χ1) is 13.7. The molecule has 0 spiro atoms. The van der Waals surface area contributed by atoms with Crippen molar-refractivity contribution in [2.75, 3.05) is 13.2 Å². The molecule has 0 radical (unpaired) electrons. The Labute approximate surface area is 162 Å². The molecule has 3 aromatic rings. The van der Waals surface area contributed by atoms with Crippen LogP contribution in [0.1, 0.15) is 41.7 Å². The minimum absolute atomic E-state index is 0.293. The summed E-state index contributed by atoms with van der Waals surface area (Å²) in [4.78, 5) is 28.4. The number of carbonyl (C=O) groups is 2. The molecule has 0 aliphatic carbocycles. The van der Waals surface area contributed by atoms with E-state index in [4.69, 9.17) is 9.47 Å². The summed E-state index contributed by atoms with van der Waals surface area (Å²) in [5.41, 5.74) is 2.09. The van der Waals surface area contributed by atoms with Gasteiger partial charge < -0.3 is 19.8 Å². The smallest absolute Gasteiger partial charge is 0.292 e. The number of aromatic amines is 1. The lowest BCUT2D eigenvalue weighted by atomic mass is 10.0. The number of aromatic nitrogens is 1. The van der Waals surface area contributed by atoms with E-state index in [1.165, 1.54) is 0 Å². The first-order valence-electron chi connectivity index (χ1n) is 9.48. The van der Waals surface area contributed by atoms with Gasteiger partial charge in [0.05, 0.1) is 24.8 Å². The maximum absolute atomic E-state index is 12.7. The molecule has 28 heavy (non-hydrogen) atoms. The summed E-state index contributed by atoms with van der Waals surface area (Å²) in [7, 11) is 0. The van der Waals surface area contributed by atoms with E-state index in [0.29, 0.717) is 36.7 Å². The summed E-state index contributed by atoms with van der Waals surface area (Å²) >= 11 is 0. The quantitative estimate of drug-likeness (QED) is 0.523. The molecule has 1 unspecified atom stereocenters. The average Bonchev–Trinajstić information content (AvgIpc) is 3.01. The van der Waals surface area contributed by atoms with Gasteiger partial charge >= 0.3 is 0 Å². The lowest BCUT2D eigenvalue weighted by Crippen LogP contribution is -2.34. The number of benzene rings is 2. The predicted molar refractivity (Wildman–Crippen MR) is 106 cm³/mol. The predicted octanol–water partition coefficient (Wildman–Crippen LogP) is 3.78. The first kappa shape index (κ1) is 18.1. The van der Waals surface area contributed by atoms with Gasteiger partial charge in [0.2, 0.25) is 0 Å². The molecule has 144 valence electrons. The molecule has 6 nitrogen and oxygen atoms in total. The number of hydrogen-bond acceptors (Lipinski definition) is 4. The van der Waals surface area contributed by atoms with Crippen LogP contribution in [0.5, 0.6) is 11.5 Å². The lowest BCUT2D eigenvalue weighted by Gasteiger charge is -2.18. The van der Waals surface area contributed by atoms with E-state index < -0.39 is 11.7 Å². The fourth-order valence-corrected chi connectivity index (χ4v) is 3.42. The van der Waals surface area contributed by atoms with Crippen LogP contribution in [0.15, 0.2) is 48.7 Å². The van der Waals surface area contributed by atoms with Crippen LogP contribution in [0.25, 0.3) is 10.9 Å². The molecule has 0 saturated heterocycles. The van der Waals surface area contributed by atoms with E-state index in [-0.39, 0.29) is 6.04 Å². The minimum atomic E-state index is -0.622. The van der Waals surface area contributed by atoms with Gasteiger partial charge in [-0.15, -0.1) is 0 Å². The second-order valence-electron chi connectivity index (χ2n) is 6.77. The molecule has 1 aromatic heterocycles. The Hall–Kier alpha value is -3.28. The van der Waals surface area contributed by atoms with Crippen molar-refractivity contribution in [1.82, 2.24) is 10.3 Å². The largest absolute Gasteiger partial charge is 0.490 e. The van der Waals surface area contributed by atoms with Gasteiger partial charge in [-0.25, -0.2) is 0 Å². The molecule has 1 aliphatic heterocycles. The van der Waals surface area contributed by atoms with E-state index in [2.05, 4.69) is 10.3 Å². The molecule has 0 saturated carbocycles. The normalized spacial score (nSPS) is 14.3. The van der Waals surface area contributed by atoms with Crippen molar-refractivity contribution in [3.05, 3.63) is 59.8 Å². The zero-order valence-corrected chi connectivity index (χ0v) is 15.7. The molecular weight excluding hydrogens is 356 g/mol. The Kier molecular flexibility index (Phi) is 5.02. The summed E-state index contributed by atoms with van der Waals surface area (Å²) in [5, 5.41) is 3.60.